The lowest BCUT2D eigenvalue weighted by Crippen LogP contribution is -2.10. The van der Waals surface area contributed by atoms with Gasteiger partial charge >= 0.3 is 0 Å². The van der Waals surface area contributed by atoms with Crippen molar-refractivity contribution in [1.82, 2.24) is 0 Å². The molecule has 0 aliphatic carbocycles. The monoisotopic (exact) mass is 331 g/mol. The molecule has 0 fully saturated rings. The molecule has 25 heavy (non-hydrogen) atoms. The van der Waals surface area contributed by atoms with Gasteiger partial charge in [0, 0.05) is 12.1 Å². The average Bonchev–Trinajstić information content (AvgIpc) is 2.67. The van der Waals surface area contributed by atoms with Crippen LogP contribution in [0, 0.1) is 5.41 Å². The number of ether oxygens (including phenoxy) is 1. The molecular weight excluding hydrogens is 310 g/mol. The second-order valence-corrected chi connectivity index (χ2v) is 5.84. The van der Waals surface area contributed by atoms with Gasteiger partial charge in [-0.25, -0.2) is 0 Å². The zero-order valence-corrected chi connectivity index (χ0v) is 13.9. The molecule has 0 bridgehead atoms. The Balaban J connectivity index is 1.77. The highest BCUT2D eigenvalue weighted by atomic mass is 16.5. The van der Waals surface area contributed by atoms with Gasteiger partial charge in [0.25, 0.3) is 0 Å². The molecule has 3 rings (SSSR count). The Morgan fingerprint density at radius 2 is 1.52 bits per heavy atom. The number of nitrogens with two attached hydrogens (primary N) is 2. The Labute approximate surface area is 147 Å². The maximum absolute atomic E-state index is 7.58. The van der Waals surface area contributed by atoms with Gasteiger partial charge in [0.15, 0.2) is 0 Å². The normalized spacial score (nSPS) is 10.4. The molecule has 0 aromatic heterocycles. The Bertz CT molecular complexity index is 890. The molecule has 0 aliphatic rings. The molecule has 0 spiro atoms. The number of amidine groups is 1. The van der Waals surface area contributed by atoms with Crippen molar-refractivity contribution in [2.24, 2.45) is 11.5 Å². The maximum Gasteiger partial charge on any atom is 0.122 e. The molecule has 0 saturated carbocycles. The number of hydrogen-bond acceptors (Lipinski definition) is 3. The van der Waals surface area contributed by atoms with E-state index < -0.39 is 0 Å². The first-order valence-electron chi connectivity index (χ1n) is 8.11. The van der Waals surface area contributed by atoms with E-state index in [9.17, 15) is 0 Å². The largest absolute Gasteiger partial charge is 0.489 e. The van der Waals surface area contributed by atoms with Crippen molar-refractivity contribution in [2.45, 2.75) is 13.2 Å². The van der Waals surface area contributed by atoms with E-state index in [0.29, 0.717) is 13.2 Å². The molecule has 0 heterocycles. The highest BCUT2D eigenvalue weighted by molar-refractivity contribution is 5.96. The van der Waals surface area contributed by atoms with E-state index in [4.69, 9.17) is 21.6 Å². The summed E-state index contributed by atoms with van der Waals surface area (Å²) in [5.74, 6) is 0.882. The molecule has 0 unspecified atom stereocenters. The zero-order valence-electron chi connectivity index (χ0n) is 13.9. The van der Waals surface area contributed by atoms with Gasteiger partial charge in [-0.15, -0.1) is 0 Å². The minimum Gasteiger partial charge on any atom is -0.489 e. The van der Waals surface area contributed by atoms with Crippen LogP contribution >= 0.6 is 0 Å². The first kappa shape index (κ1) is 16.7. The Kier molecular flexibility index (Phi) is 5.11. The summed E-state index contributed by atoms with van der Waals surface area (Å²) in [6.07, 6.45) is 0. The van der Waals surface area contributed by atoms with Crippen LogP contribution in [0.25, 0.3) is 11.1 Å². The summed E-state index contributed by atoms with van der Waals surface area (Å²) >= 11 is 0. The van der Waals surface area contributed by atoms with Crippen molar-refractivity contribution in [3.05, 3.63) is 89.5 Å². The number of benzene rings is 3. The Morgan fingerprint density at radius 3 is 2.28 bits per heavy atom. The van der Waals surface area contributed by atoms with Crippen LogP contribution in [0.4, 0.5) is 0 Å². The minimum absolute atomic E-state index is 0.0705. The Morgan fingerprint density at radius 1 is 0.840 bits per heavy atom. The summed E-state index contributed by atoms with van der Waals surface area (Å²) in [6.45, 7) is 0.980. The third-order valence-corrected chi connectivity index (χ3v) is 3.97. The van der Waals surface area contributed by atoms with E-state index in [0.717, 1.165) is 33.6 Å². The van der Waals surface area contributed by atoms with Crippen molar-refractivity contribution in [2.75, 3.05) is 0 Å². The predicted molar refractivity (Wildman–Crippen MR) is 102 cm³/mol. The maximum atomic E-state index is 7.58. The van der Waals surface area contributed by atoms with E-state index in [2.05, 4.69) is 6.07 Å². The SMILES string of the molecule is N=C(N)c1cccc(-c2cccc(COc3cccc(CN)c3)c2)c1. The van der Waals surface area contributed by atoms with E-state index in [1.807, 2.05) is 66.7 Å². The van der Waals surface area contributed by atoms with Crippen LogP contribution in [-0.4, -0.2) is 5.84 Å². The lowest BCUT2D eigenvalue weighted by atomic mass is 10.0. The number of rotatable bonds is 6. The zero-order chi connectivity index (χ0) is 17.6. The van der Waals surface area contributed by atoms with Gasteiger partial charge in [0.1, 0.15) is 18.2 Å². The van der Waals surface area contributed by atoms with Crippen molar-refractivity contribution < 1.29 is 4.74 Å². The molecule has 4 heteroatoms. The molecule has 5 N–H and O–H groups in total. The molecule has 0 radical (unpaired) electrons. The van der Waals surface area contributed by atoms with Gasteiger partial charge < -0.3 is 16.2 Å². The van der Waals surface area contributed by atoms with Crippen molar-refractivity contribution in [3.63, 3.8) is 0 Å². The smallest absolute Gasteiger partial charge is 0.122 e. The molecule has 3 aromatic rings. The second kappa shape index (κ2) is 7.64. The third kappa shape index (κ3) is 4.25. The molecule has 4 nitrogen and oxygen atoms in total. The first-order chi connectivity index (χ1) is 12.2. The van der Waals surface area contributed by atoms with Crippen molar-refractivity contribution in [3.8, 4) is 16.9 Å². The number of hydrogen-bond donors (Lipinski definition) is 3. The summed E-state index contributed by atoms with van der Waals surface area (Å²) in [4.78, 5) is 0. The molecule has 0 aliphatic heterocycles. The number of nitrogen functional groups attached to an aromatic ring is 1. The summed E-state index contributed by atoms with van der Waals surface area (Å²) in [7, 11) is 0. The van der Waals surface area contributed by atoms with Crippen molar-refractivity contribution in [1.29, 1.82) is 5.41 Å². The fourth-order valence-electron chi connectivity index (χ4n) is 2.64. The summed E-state index contributed by atoms with van der Waals surface area (Å²) in [5.41, 5.74) is 16.2. The molecule has 0 saturated heterocycles. The fraction of sp³-hybridized carbons (Fsp3) is 0.0952. The molecule has 126 valence electrons. The van der Waals surface area contributed by atoms with Crippen LogP contribution in [0.3, 0.4) is 0 Å². The molecular formula is C21H21N3O. The lowest BCUT2D eigenvalue weighted by molar-refractivity contribution is 0.306. The van der Waals surface area contributed by atoms with E-state index >= 15 is 0 Å². The van der Waals surface area contributed by atoms with Gasteiger partial charge in [-0.1, -0.05) is 48.5 Å². The molecule has 0 amide bonds. The van der Waals surface area contributed by atoms with Crippen LogP contribution in [0.5, 0.6) is 5.75 Å². The number of nitrogens with one attached hydrogen (secondary N) is 1. The average molecular weight is 331 g/mol. The third-order valence-electron chi connectivity index (χ3n) is 3.97. The van der Waals surface area contributed by atoms with Gasteiger partial charge in [0.05, 0.1) is 0 Å². The van der Waals surface area contributed by atoms with E-state index in [1.54, 1.807) is 0 Å². The van der Waals surface area contributed by atoms with Crippen molar-refractivity contribution >= 4 is 5.84 Å². The van der Waals surface area contributed by atoms with Crippen LogP contribution in [0.2, 0.25) is 0 Å². The fourth-order valence-corrected chi connectivity index (χ4v) is 2.64. The van der Waals surface area contributed by atoms with Gasteiger partial charge in [0.2, 0.25) is 0 Å². The van der Waals surface area contributed by atoms with Gasteiger partial charge in [-0.2, -0.15) is 0 Å². The van der Waals surface area contributed by atoms with E-state index in [1.165, 1.54) is 0 Å². The molecule has 3 aromatic carbocycles. The Hall–Kier alpha value is -3.11. The van der Waals surface area contributed by atoms with Crippen LogP contribution in [-0.2, 0) is 13.2 Å². The quantitative estimate of drug-likeness (QED) is 0.476. The van der Waals surface area contributed by atoms with E-state index in [-0.39, 0.29) is 5.84 Å². The van der Waals surface area contributed by atoms with Crippen LogP contribution in [0.1, 0.15) is 16.7 Å². The highest BCUT2D eigenvalue weighted by Gasteiger charge is 2.03. The van der Waals surface area contributed by atoms with Crippen LogP contribution in [0.15, 0.2) is 72.8 Å². The van der Waals surface area contributed by atoms with Gasteiger partial charge in [-0.3, -0.25) is 5.41 Å². The topological polar surface area (TPSA) is 85.1 Å². The summed E-state index contributed by atoms with van der Waals surface area (Å²) in [5, 5.41) is 7.58. The predicted octanol–water partition coefficient (Wildman–Crippen LogP) is 3.68. The highest BCUT2D eigenvalue weighted by Crippen LogP contribution is 2.22. The lowest BCUT2D eigenvalue weighted by Gasteiger charge is -2.10. The summed E-state index contributed by atoms with van der Waals surface area (Å²) in [6, 6.07) is 23.7. The van der Waals surface area contributed by atoms with Crippen LogP contribution < -0.4 is 16.2 Å². The summed E-state index contributed by atoms with van der Waals surface area (Å²) < 4.78 is 5.88. The second-order valence-electron chi connectivity index (χ2n) is 5.84. The van der Waals surface area contributed by atoms with Gasteiger partial charge in [-0.05, 0) is 46.5 Å². The minimum atomic E-state index is 0.0705. The standard InChI is InChI=1S/C21H21N3O/c22-13-15-4-2-9-20(11-15)25-14-16-5-1-6-17(10-16)18-7-3-8-19(12-18)21(23)24/h1-12H,13-14,22H2,(H3,23,24). The molecule has 0 atom stereocenters. The first-order valence-corrected chi connectivity index (χ1v) is 8.11.